The number of benzene rings is 3. The van der Waals surface area contributed by atoms with E-state index in [9.17, 15) is 9.90 Å². The summed E-state index contributed by atoms with van der Waals surface area (Å²) in [6.45, 7) is 6.44. The first-order chi connectivity index (χ1) is 16.9. The number of oxazole rings is 1. The Labute approximate surface area is 209 Å². The first-order valence-corrected chi connectivity index (χ1v) is 11.9. The van der Waals surface area contributed by atoms with E-state index in [-0.39, 0.29) is 16.8 Å². The highest BCUT2D eigenvalue weighted by Gasteiger charge is 2.17. The molecule has 0 aliphatic rings. The van der Waals surface area contributed by atoms with Gasteiger partial charge in [-0.2, -0.15) is 0 Å². The van der Waals surface area contributed by atoms with Crippen molar-refractivity contribution in [1.82, 2.24) is 10.3 Å². The van der Waals surface area contributed by atoms with Crippen molar-refractivity contribution >= 4 is 40.0 Å². The molecular formula is C27H27N3O4S. The number of aromatic hydroxyl groups is 1. The molecule has 4 rings (SSSR count). The van der Waals surface area contributed by atoms with Gasteiger partial charge in [-0.3, -0.25) is 10.1 Å². The topological polar surface area (TPSA) is 96.6 Å². The minimum absolute atomic E-state index is 0.0664. The lowest BCUT2D eigenvalue weighted by Crippen LogP contribution is -2.34. The smallest absolute Gasteiger partial charge is 0.257 e. The van der Waals surface area contributed by atoms with Crippen LogP contribution in [0.15, 0.2) is 59.0 Å². The van der Waals surface area contributed by atoms with Crippen LogP contribution in [-0.2, 0) is 6.42 Å². The number of carbonyl (C=O) groups excluding carboxylic acids is 1. The predicted octanol–water partition coefficient (Wildman–Crippen LogP) is 5.99. The van der Waals surface area contributed by atoms with Gasteiger partial charge in [0.15, 0.2) is 10.7 Å². The highest BCUT2D eigenvalue weighted by Crippen LogP contribution is 2.36. The molecule has 0 radical (unpaired) electrons. The number of aromatic nitrogens is 1. The van der Waals surface area contributed by atoms with E-state index in [1.165, 1.54) is 0 Å². The Morgan fingerprint density at radius 1 is 1.14 bits per heavy atom. The Balaban J connectivity index is 1.52. The zero-order valence-corrected chi connectivity index (χ0v) is 20.7. The molecule has 180 valence electrons. The minimum Gasteiger partial charge on any atom is -0.507 e. The Bertz CT molecular complexity index is 1400. The highest BCUT2D eigenvalue weighted by atomic mass is 32.1. The highest BCUT2D eigenvalue weighted by molar-refractivity contribution is 7.80. The number of phenols is 1. The van der Waals surface area contributed by atoms with Gasteiger partial charge in [0.05, 0.1) is 12.2 Å². The number of hydrogen-bond donors (Lipinski definition) is 3. The van der Waals surface area contributed by atoms with Crippen LogP contribution in [0.1, 0.15) is 41.8 Å². The van der Waals surface area contributed by atoms with Gasteiger partial charge in [-0.15, -0.1) is 0 Å². The number of carbonyl (C=O) groups is 1. The maximum atomic E-state index is 12.7. The minimum atomic E-state index is -0.356. The summed E-state index contributed by atoms with van der Waals surface area (Å²) in [6.07, 6.45) is 1.77. The fourth-order valence-electron chi connectivity index (χ4n) is 3.61. The standard InChI is InChI=1S/C27H27N3O4S/c1-4-11-33-20-8-6-7-18(14-20)25(32)30-27(35)28-19-12-16(3)24(31)21(15-19)26-29-22-13-17(5-2)9-10-23(22)34-26/h6-10,12-15,31H,4-5,11H2,1-3H3,(H2,28,30,32,35). The van der Waals surface area contributed by atoms with E-state index >= 15 is 0 Å². The van der Waals surface area contributed by atoms with E-state index in [1.54, 1.807) is 43.3 Å². The molecule has 0 aliphatic heterocycles. The normalized spacial score (nSPS) is 10.8. The monoisotopic (exact) mass is 489 g/mol. The Hall–Kier alpha value is -3.91. The summed E-state index contributed by atoms with van der Waals surface area (Å²) in [6, 6.07) is 16.2. The van der Waals surface area contributed by atoms with Gasteiger partial charge in [0.25, 0.3) is 5.91 Å². The van der Waals surface area contributed by atoms with Crippen LogP contribution in [0.5, 0.6) is 11.5 Å². The van der Waals surface area contributed by atoms with Crippen LogP contribution in [0.2, 0.25) is 0 Å². The van der Waals surface area contributed by atoms with E-state index in [4.69, 9.17) is 21.4 Å². The number of amides is 1. The average molecular weight is 490 g/mol. The number of thiocarbonyl (C=S) groups is 1. The second-order valence-corrected chi connectivity index (χ2v) is 8.56. The third-order valence-electron chi connectivity index (χ3n) is 5.45. The molecule has 3 N–H and O–H groups in total. The average Bonchev–Trinajstić information content (AvgIpc) is 3.28. The number of nitrogens with one attached hydrogen (secondary N) is 2. The SMILES string of the molecule is CCCOc1cccc(C(=O)NC(=S)Nc2cc(C)c(O)c(-c3nc4cc(CC)ccc4o3)c2)c1. The first-order valence-electron chi connectivity index (χ1n) is 11.5. The molecule has 3 aromatic carbocycles. The number of hydrogen-bond acceptors (Lipinski definition) is 6. The molecule has 0 saturated carbocycles. The fraction of sp³-hybridized carbons (Fsp3) is 0.222. The zero-order valence-electron chi connectivity index (χ0n) is 19.8. The molecular weight excluding hydrogens is 462 g/mol. The molecule has 1 amide bonds. The maximum Gasteiger partial charge on any atom is 0.257 e. The van der Waals surface area contributed by atoms with Crippen molar-refractivity contribution in [2.45, 2.75) is 33.6 Å². The van der Waals surface area contributed by atoms with Crippen molar-refractivity contribution < 1.29 is 19.1 Å². The molecule has 0 saturated heterocycles. The molecule has 4 aromatic rings. The van der Waals surface area contributed by atoms with Crippen LogP contribution in [0, 0.1) is 6.92 Å². The lowest BCUT2D eigenvalue weighted by Gasteiger charge is -2.13. The summed E-state index contributed by atoms with van der Waals surface area (Å²) < 4.78 is 11.5. The van der Waals surface area contributed by atoms with E-state index in [1.807, 2.05) is 25.1 Å². The van der Waals surface area contributed by atoms with E-state index in [0.717, 1.165) is 23.9 Å². The van der Waals surface area contributed by atoms with Gasteiger partial charge < -0.3 is 19.6 Å². The number of fused-ring (bicyclic) bond motifs is 1. The lowest BCUT2D eigenvalue weighted by atomic mass is 10.1. The summed E-state index contributed by atoms with van der Waals surface area (Å²) in [4.78, 5) is 17.2. The number of ether oxygens (including phenoxy) is 1. The van der Waals surface area contributed by atoms with Gasteiger partial charge in [-0.05, 0) is 85.6 Å². The van der Waals surface area contributed by atoms with Crippen molar-refractivity contribution in [1.29, 1.82) is 0 Å². The Kier molecular flexibility index (Phi) is 7.31. The Morgan fingerprint density at radius 2 is 1.97 bits per heavy atom. The predicted molar refractivity (Wildman–Crippen MR) is 141 cm³/mol. The van der Waals surface area contributed by atoms with Crippen molar-refractivity contribution in [2.75, 3.05) is 11.9 Å². The van der Waals surface area contributed by atoms with E-state index < -0.39 is 0 Å². The van der Waals surface area contributed by atoms with E-state index in [2.05, 4.69) is 22.5 Å². The van der Waals surface area contributed by atoms with Crippen molar-refractivity contribution in [2.24, 2.45) is 0 Å². The van der Waals surface area contributed by atoms with Crippen LogP contribution in [0.3, 0.4) is 0 Å². The van der Waals surface area contributed by atoms with Gasteiger partial charge in [-0.1, -0.05) is 26.0 Å². The number of rotatable bonds is 7. The summed E-state index contributed by atoms with van der Waals surface area (Å²) in [7, 11) is 0. The third kappa shape index (κ3) is 5.60. The van der Waals surface area contributed by atoms with Crippen LogP contribution < -0.4 is 15.4 Å². The largest absolute Gasteiger partial charge is 0.507 e. The van der Waals surface area contributed by atoms with Crippen molar-refractivity contribution in [3.05, 3.63) is 71.3 Å². The first kappa shape index (κ1) is 24.2. The zero-order chi connectivity index (χ0) is 24.9. The summed E-state index contributed by atoms with van der Waals surface area (Å²) in [5.41, 5.74) is 4.56. The molecule has 0 fully saturated rings. The third-order valence-corrected chi connectivity index (χ3v) is 5.65. The van der Waals surface area contributed by atoms with Crippen LogP contribution in [0.25, 0.3) is 22.6 Å². The van der Waals surface area contributed by atoms with E-state index in [0.29, 0.717) is 46.2 Å². The molecule has 8 heteroatoms. The quantitative estimate of drug-likeness (QED) is 0.217. The molecule has 0 unspecified atom stereocenters. The van der Waals surface area contributed by atoms with Crippen LogP contribution >= 0.6 is 12.2 Å². The molecule has 0 aliphatic carbocycles. The Morgan fingerprint density at radius 3 is 2.74 bits per heavy atom. The molecule has 0 spiro atoms. The van der Waals surface area contributed by atoms with Gasteiger partial charge >= 0.3 is 0 Å². The number of anilines is 1. The number of phenolic OH excluding ortho intramolecular Hbond substituents is 1. The van der Waals surface area contributed by atoms with Crippen molar-refractivity contribution in [3.63, 3.8) is 0 Å². The summed E-state index contributed by atoms with van der Waals surface area (Å²) in [5.74, 6) is 0.639. The van der Waals surface area contributed by atoms with Crippen LogP contribution in [0.4, 0.5) is 5.69 Å². The lowest BCUT2D eigenvalue weighted by molar-refractivity contribution is 0.0977. The van der Waals surface area contributed by atoms with Crippen molar-refractivity contribution in [3.8, 4) is 23.0 Å². The van der Waals surface area contributed by atoms with Gasteiger partial charge in [0.2, 0.25) is 5.89 Å². The van der Waals surface area contributed by atoms with Gasteiger partial charge in [-0.25, -0.2) is 4.98 Å². The second kappa shape index (κ2) is 10.6. The van der Waals surface area contributed by atoms with Gasteiger partial charge in [0, 0.05) is 11.3 Å². The molecule has 0 bridgehead atoms. The van der Waals surface area contributed by atoms with Gasteiger partial charge in [0.1, 0.15) is 17.0 Å². The fourth-order valence-corrected chi connectivity index (χ4v) is 3.82. The molecule has 35 heavy (non-hydrogen) atoms. The second-order valence-electron chi connectivity index (χ2n) is 8.15. The summed E-state index contributed by atoms with van der Waals surface area (Å²) >= 11 is 5.36. The molecule has 0 atom stereocenters. The molecule has 7 nitrogen and oxygen atoms in total. The van der Waals surface area contributed by atoms with Crippen LogP contribution in [-0.4, -0.2) is 27.7 Å². The molecule has 1 heterocycles. The number of nitrogens with zero attached hydrogens (tertiary/aromatic N) is 1. The maximum absolute atomic E-state index is 12.7. The summed E-state index contributed by atoms with van der Waals surface area (Å²) in [5, 5.41) is 16.5. The molecule has 1 aromatic heterocycles. The number of aryl methyl sites for hydroxylation is 2.